The van der Waals surface area contributed by atoms with Gasteiger partial charge in [0.05, 0.1) is 17.9 Å². The van der Waals surface area contributed by atoms with Crippen LogP contribution in [0.3, 0.4) is 0 Å². The number of rotatable bonds is 2. The fourth-order valence-corrected chi connectivity index (χ4v) is 1.65. The minimum Gasteiger partial charge on any atom is -0.494 e. The SMILES string of the molecule is Cc1c(O)n(C(C)c2ccco2)c(=O)[nH]c1=O. The predicted molar refractivity (Wildman–Crippen MR) is 60.2 cm³/mol. The third kappa shape index (κ3) is 1.77. The van der Waals surface area contributed by atoms with Crippen LogP contribution >= 0.6 is 0 Å². The highest BCUT2D eigenvalue weighted by Gasteiger charge is 2.18. The first-order valence-electron chi connectivity index (χ1n) is 5.10. The molecule has 0 spiro atoms. The second-order valence-corrected chi connectivity index (χ2v) is 3.77. The Morgan fingerprint density at radius 3 is 2.76 bits per heavy atom. The summed E-state index contributed by atoms with van der Waals surface area (Å²) in [4.78, 5) is 25.1. The Bertz CT molecular complexity index is 636. The molecule has 2 aromatic heterocycles. The maximum atomic E-state index is 11.7. The Labute approximate surface area is 96.1 Å². The minimum absolute atomic E-state index is 0.100. The van der Waals surface area contributed by atoms with Crippen molar-refractivity contribution in [2.24, 2.45) is 0 Å². The van der Waals surface area contributed by atoms with Gasteiger partial charge in [-0.1, -0.05) is 0 Å². The van der Waals surface area contributed by atoms with Gasteiger partial charge in [0.1, 0.15) is 5.76 Å². The zero-order valence-electron chi connectivity index (χ0n) is 9.43. The lowest BCUT2D eigenvalue weighted by atomic mass is 10.2. The van der Waals surface area contributed by atoms with E-state index in [1.807, 2.05) is 0 Å². The molecule has 0 amide bonds. The van der Waals surface area contributed by atoms with E-state index < -0.39 is 17.3 Å². The Hall–Kier alpha value is -2.24. The molecule has 0 aliphatic carbocycles. The van der Waals surface area contributed by atoms with E-state index >= 15 is 0 Å². The lowest BCUT2D eigenvalue weighted by Crippen LogP contribution is -2.33. The Morgan fingerprint density at radius 1 is 1.47 bits per heavy atom. The largest absolute Gasteiger partial charge is 0.494 e. The zero-order chi connectivity index (χ0) is 12.6. The molecule has 6 nitrogen and oxygen atoms in total. The molecule has 90 valence electrons. The van der Waals surface area contributed by atoms with E-state index in [2.05, 4.69) is 4.98 Å². The highest BCUT2D eigenvalue weighted by Crippen LogP contribution is 2.21. The molecule has 0 aliphatic rings. The zero-order valence-corrected chi connectivity index (χ0v) is 9.43. The summed E-state index contributed by atoms with van der Waals surface area (Å²) in [6.45, 7) is 3.14. The van der Waals surface area contributed by atoms with Crippen molar-refractivity contribution in [3.05, 3.63) is 50.6 Å². The number of nitrogens with zero attached hydrogens (tertiary/aromatic N) is 1. The number of aromatic hydroxyl groups is 1. The van der Waals surface area contributed by atoms with Crippen LogP contribution in [0.4, 0.5) is 0 Å². The van der Waals surface area contributed by atoms with Crippen LogP contribution in [0.1, 0.15) is 24.3 Å². The molecule has 0 aliphatic heterocycles. The normalized spacial score (nSPS) is 12.6. The van der Waals surface area contributed by atoms with Gasteiger partial charge in [0.2, 0.25) is 5.88 Å². The van der Waals surface area contributed by atoms with Crippen molar-refractivity contribution in [1.29, 1.82) is 0 Å². The summed E-state index contributed by atoms with van der Waals surface area (Å²) in [5, 5.41) is 9.83. The number of furan rings is 1. The van der Waals surface area contributed by atoms with Crippen LogP contribution in [-0.4, -0.2) is 14.7 Å². The lowest BCUT2D eigenvalue weighted by molar-refractivity contribution is 0.358. The van der Waals surface area contributed by atoms with Crippen LogP contribution < -0.4 is 11.2 Å². The summed E-state index contributed by atoms with van der Waals surface area (Å²) in [5.74, 6) is 0.177. The van der Waals surface area contributed by atoms with Gasteiger partial charge in [0.15, 0.2) is 0 Å². The Morgan fingerprint density at radius 2 is 2.18 bits per heavy atom. The number of aromatic nitrogens is 2. The van der Waals surface area contributed by atoms with Crippen LogP contribution in [0.2, 0.25) is 0 Å². The van der Waals surface area contributed by atoms with E-state index in [1.54, 1.807) is 19.1 Å². The average Bonchev–Trinajstić information content (AvgIpc) is 2.79. The van der Waals surface area contributed by atoms with Gasteiger partial charge in [-0.25, -0.2) is 4.79 Å². The maximum absolute atomic E-state index is 11.7. The van der Waals surface area contributed by atoms with Crippen molar-refractivity contribution in [3.8, 4) is 5.88 Å². The van der Waals surface area contributed by atoms with Gasteiger partial charge in [-0.15, -0.1) is 0 Å². The molecular formula is C11H12N2O4. The quantitative estimate of drug-likeness (QED) is 0.805. The van der Waals surface area contributed by atoms with E-state index in [-0.39, 0.29) is 11.4 Å². The highest BCUT2D eigenvalue weighted by molar-refractivity contribution is 5.22. The fourth-order valence-electron chi connectivity index (χ4n) is 1.65. The van der Waals surface area contributed by atoms with Crippen molar-refractivity contribution >= 4 is 0 Å². The molecule has 0 saturated carbocycles. The van der Waals surface area contributed by atoms with Crippen molar-refractivity contribution in [1.82, 2.24) is 9.55 Å². The van der Waals surface area contributed by atoms with Crippen LogP contribution in [0.5, 0.6) is 5.88 Å². The van der Waals surface area contributed by atoms with Crippen molar-refractivity contribution in [2.45, 2.75) is 19.9 Å². The molecule has 2 heterocycles. The fraction of sp³-hybridized carbons (Fsp3) is 0.273. The molecule has 1 unspecified atom stereocenters. The first-order valence-corrected chi connectivity index (χ1v) is 5.10. The molecular weight excluding hydrogens is 224 g/mol. The van der Waals surface area contributed by atoms with Gasteiger partial charge in [-0.2, -0.15) is 0 Å². The number of hydrogen-bond donors (Lipinski definition) is 2. The van der Waals surface area contributed by atoms with E-state index in [4.69, 9.17) is 4.42 Å². The molecule has 2 aromatic rings. The topological polar surface area (TPSA) is 88.2 Å². The summed E-state index contributed by atoms with van der Waals surface area (Å²) >= 11 is 0. The molecule has 0 saturated heterocycles. The van der Waals surface area contributed by atoms with E-state index in [9.17, 15) is 14.7 Å². The number of hydrogen-bond acceptors (Lipinski definition) is 4. The number of H-pyrrole nitrogens is 1. The van der Waals surface area contributed by atoms with Crippen LogP contribution in [0.25, 0.3) is 0 Å². The molecule has 0 bridgehead atoms. The standard InChI is InChI=1S/C11H12N2O4/c1-6-9(14)12-11(16)13(10(6)15)7(2)8-4-3-5-17-8/h3-5,7,15H,1-2H3,(H,12,14,16). The summed E-state index contributed by atoms with van der Waals surface area (Å²) in [7, 11) is 0. The van der Waals surface area contributed by atoms with Gasteiger partial charge in [0, 0.05) is 0 Å². The summed E-state index contributed by atoms with van der Waals surface area (Å²) in [6.07, 6.45) is 1.48. The second kappa shape index (κ2) is 3.97. The molecule has 0 fully saturated rings. The van der Waals surface area contributed by atoms with Crippen LogP contribution in [0.15, 0.2) is 32.4 Å². The monoisotopic (exact) mass is 236 g/mol. The molecule has 2 rings (SSSR count). The molecule has 0 radical (unpaired) electrons. The number of nitrogens with one attached hydrogen (secondary N) is 1. The molecule has 2 N–H and O–H groups in total. The smallest absolute Gasteiger partial charge is 0.331 e. The minimum atomic E-state index is -0.665. The van der Waals surface area contributed by atoms with Crippen LogP contribution in [-0.2, 0) is 0 Å². The molecule has 17 heavy (non-hydrogen) atoms. The van der Waals surface area contributed by atoms with Crippen LogP contribution in [0, 0.1) is 6.92 Å². The van der Waals surface area contributed by atoms with Crippen molar-refractivity contribution in [3.63, 3.8) is 0 Å². The van der Waals surface area contributed by atoms with Gasteiger partial charge in [-0.3, -0.25) is 14.3 Å². The Balaban J connectivity index is 2.65. The summed E-state index contributed by atoms with van der Waals surface area (Å²) in [5.41, 5.74) is -1.15. The van der Waals surface area contributed by atoms with E-state index in [1.165, 1.54) is 13.2 Å². The van der Waals surface area contributed by atoms with Crippen molar-refractivity contribution in [2.75, 3.05) is 0 Å². The summed E-state index contributed by atoms with van der Waals surface area (Å²) < 4.78 is 6.25. The third-order valence-electron chi connectivity index (χ3n) is 2.69. The second-order valence-electron chi connectivity index (χ2n) is 3.77. The van der Waals surface area contributed by atoms with E-state index in [0.29, 0.717) is 5.76 Å². The molecule has 0 aromatic carbocycles. The first kappa shape index (κ1) is 11.3. The molecule has 1 atom stereocenters. The lowest BCUT2D eigenvalue weighted by Gasteiger charge is -2.14. The van der Waals surface area contributed by atoms with Gasteiger partial charge in [0.25, 0.3) is 5.56 Å². The first-order chi connectivity index (χ1) is 8.02. The van der Waals surface area contributed by atoms with Gasteiger partial charge < -0.3 is 9.52 Å². The summed E-state index contributed by atoms with van der Waals surface area (Å²) in [6, 6.07) is 2.89. The predicted octanol–water partition coefficient (Wildman–Crippen LogP) is 0.753. The van der Waals surface area contributed by atoms with E-state index in [0.717, 1.165) is 4.57 Å². The third-order valence-corrected chi connectivity index (χ3v) is 2.69. The number of aromatic amines is 1. The Kier molecular flexibility index (Phi) is 2.63. The van der Waals surface area contributed by atoms with Gasteiger partial charge >= 0.3 is 5.69 Å². The molecule has 6 heteroatoms. The van der Waals surface area contributed by atoms with Gasteiger partial charge in [-0.05, 0) is 26.0 Å². The maximum Gasteiger partial charge on any atom is 0.331 e. The van der Waals surface area contributed by atoms with Crippen molar-refractivity contribution < 1.29 is 9.52 Å². The average molecular weight is 236 g/mol. The highest BCUT2D eigenvalue weighted by atomic mass is 16.3.